The van der Waals surface area contributed by atoms with E-state index in [1.807, 2.05) is 6.07 Å². The zero-order valence-electron chi connectivity index (χ0n) is 10.6. The van der Waals surface area contributed by atoms with Crippen LogP contribution in [-0.4, -0.2) is 24.5 Å². The summed E-state index contributed by atoms with van der Waals surface area (Å²) in [6.07, 6.45) is 6.86. The van der Waals surface area contributed by atoms with Crippen molar-refractivity contribution in [2.45, 2.75) is 38.1 Å². The van der Waals surface area contributed by atoms with Crippen molar-refractivity contribution < 1.29 is 0 Å². The topological polar surface area (TPSA) is 29.3 Å². The summed E-state index contributed by atoms with van der Waals surface area (Å²) in [5.74, 6) is 0. The molecule has 1 aliphatic rings. The molecule has 0 aliphatic carbocycles. The second kappa shape index (κ2) is 6.77. The van der Waals surface area contributed by atoms with E-state index in [0.29, 0.717) is 0 Å². The van der Waals surface area contributed by atoms with Gasteiger partial charge in [-0.3, -0.25) is 0 Å². The maximum Gasteiger partial charge on any atom is 0.0424 e. The van der Waals surface area contributed by atoms with Crippen LogP contribution in [0.3, 0.4) is 0 Å². The van der Waals surface area contributed by atoms with Gasteiger partial charge in [-0.05, 0) is 31.5 Å². The SMILES string of the molecule is N[C@H](CN1CCCCCCC1)c1ccccc1. The molecule has 0 bridgehead atoms. The van der Waals surface area contributed by atoms with E-state index in [4.69, 9.17) is 5.73 Å². The van der Waals surface area contributed by atoms with E-state index in [0.717, 1.165) is 6.54 Å². The first kappa shape index (κ1) is 12.6. The van der Waals surface area contributed by atoms with Crippen LogP contribution in [0.25, 0.3) is 0 Å². The summed E-state index contributed by atoms with van der Waals surface area (Å²) in [4.78, 5) is 2.54. The average molecular weight is 232 g/mol. The molecule has 0 spiro atoms. The molecule has 1 aromatic carbocycles. The highest BCUT2D eigenvalue weighted by Gasteiger charge is 2.13. The van der Waals surface area contributed by atoms with E-state index in [1.54, 1.807) is 0 Å². The summed E-state index contributed by atoms with van der Waals surface area (Å²) < 4.78 is 0. The van der Waals surface area contributed by atoms with Gasteiger partial charge in [0, 0.05) is 12.6 Å². The summed E-state index contributed by atoms with van der Waals surface area (Å²) in [5.41, 5.74) is 7.53. The van der Waals surface area contributed by atoms with Crippen molar-refractivity contribution in [3.63, 3.8) is 0 Å². The molecule has 1 saturated heterocycles. The van der Waals surface area contributed by atoms with Crippen LogP contribution in [0.5, 0.6) is 0 Å². The van der Waals surface area contributed by atoms with Gasteiger partial charge in [-0.2, -0.15) is 0 Å². The highest BCUT2D eigenvalue weighted by molar-refractivity contribution is 5.18. The fraction of sp³-hybridized carbons (Fsp3) is 0.600. The van der Waals surface area contributed by atoms with Crippen molar-refractivity contribution in [1.29, 1.82) is 0 Å². The van der Waals surface area contributed by atoms with Gasteiger partial charge in [0.2, 0.25) is 0 Å². The first-order chi connectivity index (χ1) is 8.36. The lowest BCUT2D eigenvalue weighted by Crippen LogP contribution is -2.34. The molecule has 0 unspecified atom stereocenters. The molecule has 0 radical (unpaired) electrons. The van der Waals surface area contributed by atoms with Gasteiger partial charge in [0.1, 0.15) is 0 Å². The molecule has 94 valence electrons. The summed E-state index contributed by atoms with van der Waals surface area (Å²) in [6.45, 7) is 3.45. The van der Waals surface area contributed by atoms with Gasteiger partial charge in [-0.25, -0.2) is 0 Å². The Morgan fingerprint density at radius 2 is 1.53 bits per heavy atom. The first-order valence-electron chi connectivity index (χ1n) is 6.89. The number of nitrogens with two attached hydrogens (primary N) is 1. The van der Waals surface area contributed by atoms with E-state index >= 15 is 0 Å². The van der Waals surface area contributed by atoms with Crippen molar-refractivity contribution >= 4 is 0 Å². The molecule has 1 atom stereocenters. The molecule has 17 heavy (non-hydrogen) atoms. The lowest BCUT2D eigenvalue weighted by atomic mass is 10.1. The zero-order valence-corrected chi connectivity index (χ0v) is 10.6. The summed E-state index contributed by atoms with van der Waals surface area (Å²) >= 11 is 0. The smallest absolute Gasteiger partial charge is 0.0424 e. The molecule has 1 aromatic rings. The third-order valence-electron chi connectivity index (χ3n) is 3.63. The molecule has 2 heteroatoms. The monoisotopic (exact) mass is 232 g/mol. The second-order valence-electron chi connectivity index (χ2n) is 5.09. The fourth-order valence-electron chi connectivity index (χ4n) is 2.58. The summed E-state index contributed by atoms with van der Waals surface area (Å²) in [5, 5.41) is 0. The molecule has 0 saturated carbocycles. The lowest BCUT2D eigenvalue weighted by Gasteiger charge is -2.27. The largest absolute Gasteiger partial charge is 0.323 e. The minimum absolute atomic E-state index is 0.163. The lowest BCUT2D eigenvalue weighted by molar-refractivity contribution is 0.234. The Bertz CT molecular complexity index is 302. The van der Waals surface area contributed by atoms with Gasteiger partial charge in [0.05, 0.1) is 0 Å². The zero-order chi connectivity index (χ0) is 11.9. The number of hydrogen-bond donors (Lipinski definition) is 1. The second-order valence-corrected chi connectivity index (χ2v) is 5.09. The molecule has 2 nitrogen and oxygen atoms in total. The van der Waals surface area contributed by atoms with Gasteiger partial charge in [0.25, 0.3) is 0 Å². The molecule has 2 N–H and O–H groups in total. The minimum Gasteiger partial charge on any atom is -0.323 e. The van der Waals surface area contributed by atoms with Crippen molar-refractivity contribution in [2.75, 3.05) is 19.6 Å². The third-order valence-corrected chi connectivity index (χ3v) is 3.63. The average Bonchev–Trinajstić information content (AvgIpc) is 2.33. The van der Waals surface area contributed by atoms with E-state index in [9.17, 15) is 0 Å². The highest BCUT2D eigenvalue weighted by Crippen LogP contribution is 2.15. The Kier molecular flexibility index (Phi) is 5.02. The quantitative estimate of drug-likeness (QED) is 0.868. The Morgan fingerprint density at radius 3 is 2.18 bits per heavy atom. The molecular weight excluding hydrogens is 208 g/mol. The van der Waals surface area contributed by atoms with Crippen LogP contribution in [-0.2, 0) is 0 Å². The highest BCUT2D eigenvalue weighted by atomic mass is 15.1. The number of nitrogens with zero attached hydrogens (tertiary/aromatic N) is 1. The van der Waals surface area contributed by atoms with Crippen molar-refractivity contribution in [3.05, 3.63) is 35.9 Å². The Labute approximate surface area is 105 Å². The van der Waals surface area contributed by atoms with Crippen LogP contribution in [0.2, 0.25) is 0 Å². The van der Waals surface area contributed by atoms with E-state index in [1.165, 1.54) is 50.8 Å². The van der Waals surface area contributed by atoms with Crippen LogP contribution in [0.1, 0.15) is 43.7 Å². The summed E-state index contributed by atoms with van der Waals surface area (Å²) in [7, 11) is 0. The fourth-order valence-corrected chi connectivity index (χ4v) is 2.58. The van der Waals surface area contributed by atoms with Crippen LogP contribution >= 0.6 is 0 Å². The number of benzene rings is 1. The number of rotatable bonds is 3. The molecule has 1 heterocycles. The van der Waals surface area contributed by atoms with E-state index < -0.39 is 0 Å². The van der Waals surface area contributed by atoms with Gasteiger partial charge < -0.3 is 10.6 Å². The predicted octanol–water partition coefficient (Wildman–Crippen LogP) is 2.95. The molecule has 1 aliphatic heterocycles. The first-order valence-corrected chi connectivity index (χ1v) is 6.89. The van der Waals surface area contributed by atoms with Gasteiger partial charge in [0.15, 0.2) is 0 Å². The molecule has 0 amide bonds. The number of hydrogen-bond acceptors (Lipinski definition) is 2. The molecule has 1 fully saturated rings. The molecule has 2 rings (SSSR count). The van der Waals surface area contributed by atoms with Crippen molar-refractivity contribution in [3.8, 4) is 0 Å². The van der Waals surface area contributed by atoms with Crippen molar-refractivity contribution in [2.24, 2.45) is 5.73 Å². The standard InChI is InChI=1S/C15H24N2/c16-15(14-9-5-4-6-10-14)13-17-11-7-2-1-3-8-12-17/h4-6,9-10,15H,1-3,7-8,11-13,16H2/t15-/m1/s1. The normalized spacial score (nSPS) is 20.5. The van der Waals surface area contributed by atoms with Crippen LogP contribution in [0.4, 0.5) is 0 Å². The Morgan fingerprint density at radius 1 is 0.941 bits per heavy atom. The molecular formula is C15H24N2. The molecule has 0 aromatic heterocycles. The Hall–Kier alpha value is -0.860. The van der Waals surface area contributed by atoms with E-state index in [-0.39, 0.29) is 6.04 Å². The van der Waals surface area contributed by atoms with Crippen molar-refractivity contribution in [1.82, 2.24) is 4.90 Å². The van der Waals surface area contributed by atoms with Gasteiger partial charge in [-0.15, -0.1) is 0 Å². The summed E-state index contributed by atoms with van der Waals surface area (Å²) in [6, 6.07) is 10.6. The number of likely N-dealkylation sites (tertiary alicyclic amines) is 1. The maximum atomic E-state index is 6.27. The van der Waals surface area contributed by atoms with Gasteiger partial charge in [-0.1, -0.05) is 49.6 Å². The van der Waals surface area contributed by atoms with E-state index in [2.05, 4.69) is 29.2 Å². The van der Waals surface area contributed by atoms with Crippen LogP contribution in [0, 0.1) is 0 Å². The minimum atomic E-state index is 0.163. The third kappa shape index (κ3) is 4.14. The van der Waals surface area contributed by atoms with Crippen LogP contribution < -0.4 is 5.73 Å². The maximum absolute atomic E-state index is 6.27. The predicted molar refractivity (Wildman–Crippen MR) is 72.9 cm³/mol. The Balaban J connectivity index is 1.86. The van der Waals surface area contributed by atoms with Gasteiger partial charge >= 0.3 is 0 Å². The van der Waals surface area contributed by atoms with Crippen LogP contribution in [0.15, 0.2) is 30.3 Å².